The third-order valence-electron chi connectivity index (χ3n) is 5.20. The fourth-order valence-electron chi connectivity index (χ4n) is 3.49. The van der Waals surface area contributed by atoms with Crippen LogP contribution < -0.4 is 5.73 Å². The summed E-state index contributed by atoms with van der Waals surface area (Å²) in [5.74, 6) is 1.51. The largest absolute Gasteiger partial charge is 0.508 e. The Morgan fingerprint density at radius 1 is 1.43 bits per heavy atom. The van der Waals surface area contributed by atoms with Crippen LogP contribution in [0.4, 0.5) is 0 Å². The van der Waals surface area contributed by atoms with E-state index in [1.54, 1.807) is 6.07 Å². The smallest absolute Gasteiger partial charge is 0.115 e. The molecule has 0 spiro atoms. The summed E-state index contributed by atoms with van der Waals surface area (Å²) in [4.78, 5) is 2.43. The summed E-state index contributed by atoms with van der Waals surface area (Å²) < 4.78 is 0. The fourth-order valence-corrected chi connectivity index (χ4v) is 3.49. The summed E-state index contributed by atoms with van der Waals surface area (Å²) in [5.41, 5.74) is 7.71. The van der Waals surface area contributed by atoms with Crippen molar-refractivity contribution < 1.29 is 5.11 Å². The number of hydrogen-bond acceptors (Lipinski definition) is 3. The van der Waals surface area contributed by atoms with Crippen LogP contribution in [-0.4, -0.2) is 29.3 Å². The number of benzene rings is 1. The van der Waals surface area contributed by atoms with Crippen LogP contribution >= 0.6 is 0 Å². The minimum absolute atomic E-state index is 0.118. The molecular formula is C18H30N2O. The first-order valence-corrected chi connectivity index (χ1v) is 8.12. The molecule has 3 heteroatoms. The lowest BCUT2D eigenvalue weighted by molar-refractivity contribution is 0.0684. The van der Waals surface area contributed by atoms with Gasteiger partial charge < -0.3 is 10.8 Å². The Morgan fingerprint density at radius 2 is 2.14 bits per heavy atom. The molecule has 0 radical (unpaired) electrons. The molecule has 1 heterocycles. The molecule has 3 nitrogen and oxygen atoms in total. The minimum atomic E-state index is 0.118. The standard InChI is InChI=1S/C18H30N2O/c1-13(2)10-17(19)20-9-8-18(4,14(3)12-20)15-6-5-7-16(21)11-15/h5-7,11,13-14,17,21H,8-10,12,19H2,1-4H3. The lowest BCUT2D eigenvalue weighted by atomic mass is 9.68. The maximum Gasteiger partial charge on any atom is 0.115 e. The molecular weight excluding hydrogens is 260 g/mol. The van der Waals surface area contributed by atoms with E-state index in [1.807, 2.05) is 12.1 Å². The van der Waals surface area contributed by atoms with Gasteiger partial charge in [0.25, 0.3) is 0 Å². The van der Waals surface area contributed by atoms with Crippen molar-refractivity contribution in [3.05, 3.63) is 29.8 Å². The zero-order chi connectivity index (χ0) is 15.6. The summed E-state index contributed by atoms with van der Waals surface area (Å²) in [6, 6.07) is 7.74. The topological polar surface area (TPSA) is 49.5 Å². The van der Waals surface area contributed by atoms with Gasteiger partial charge >= 0.3 is 0 Å². The SMILES string of the molecule is CC(C)CC(N)N1CCC(C)(c2cccc(O)c2)C(C)C1. The molecule has 1 saturated heterocycles. The third kappa shape index (κ3) is 3.58. The monoisotopic (exact) mass is 290 g/mol. The number of likely N-dealkylation sites (tertiary alicyclic amines) is 1. The maximum atomic E-state index is 9.75. The Morgan fingerprint density at radius 3 is 2.71 bits per heavy atom. The van der Waals surface area contributed by atoms with E-state index in [9.17, 15) is 5.11 Å². The number of piperidine rings is 1. The zero-order valence-electron chi connectivity index (χ0n) is 13.8. The molecule has 21 heavy (non-hydrogen) atoms. The van der Waals surface area contributed by atoms with Crippen molar-refractivity contribution in [2.24, 2.45) is 17.6 Å². The Kier molecular flexibility index (Phi) is 4.95. The van der Waals surface area contributed by atoms with E-state index >= 15 is 0 Å². The molecule has 1 aromatic rings. The Balaban J connectivity index is 2.10. The van der Waals surface area contributed by atoms with Gasteiger partial charge in [0.2, 0.25) is 0 Å². The molecule has 0 aliphatic carbocycles. The number of phenolic OH excluding ortho intramolecular Hbond substituents is 1. The third-order valence-corrected chi connectivity index (χ3v) is 5.20. The first-order valence-electron chi connectivity index (χ1n) is 8.12. The van der Waals surface area contributed by atoms with Crippen molar-refractivity contribution in [3.63, 3.8) is 0 Å². The lowest BCUT2D eigenvalue weighted by Gasteiger charge is -2.47. The van der Waals surface area contributed by atoms with Crippen molar-refractivity contribution in [1.82, 2.24) is 4.90 Å². The average Bonchev–Trinajstić information content (AvgIpc) is 2.41. The highest BCUT2D eigenvalue weighted by molar-refractivity contribution is 5.33. The molecule has 118 valence electrons. The van der Waals surface area contributed by atoms with Gasteiger partial charge in [0, 0.05) is 13.1 Å². The van der Waals surface area contributed by atoms with Crippen LogP contribution in [-0.2, 0) is 5.41 Å². The van der Waals surface area contributed by atoms with Crippen molar-refractivity contribution in [3.8, 4) is 5.75 Å². The average molecular weight is 290 g/mol. The number of nitrogens with two attached hydrogens (primary N) is 1. The maximum absolute atomic E-state index is 9.75. The molecule has 3 N–H and O–H groups in total. The van der Waals surface area contributed by atoms with Crippen molar-refractivity contribution >= 4 is 0 Å². The summed E-state index contributed by atoms with van der Waals surface area (Å²) in [6.45, 7) is 11.1. The van der Waals surface area contributed by atoms with Crippen LogP contribution in [0.5, 0.6) is 5.75 Å². The zero-order valence-corrected chi connectivity index (χ0v) is 13.8. The van der Waals surface area contributed by atoms with Gasteiger partial charge in [-0.3, -0.25) is 4.90 Å². The van der Waals surface area contributed by atoms with Crippen LogP contribution in [0, 0.1) is 11.8 Å². The summed E-state index contributed by atoms with van der Waals surface area (Å²) in [6.07, 6.45) is 2.31. The van der Waals surface area contributed by atoms with Crippen LogP contribution in [0.1, 0.15) is 46.1 Å². The molecule has 2 rings (SSSR count). The van der Waals surface area contributed by atoms with Gasteiger partial charge in [-0.1, -0.05) is 39.8 Å². The first kappa shape index (κ1) is 16.3. The van der Waals surface area contributed by atoms with Crippen LogP contribution in [0.2, 0.25) is 0 Å². The Labute approximate surface area is 129 Å². The van der Waals surface area contributed by atoms with Crippen molar-refractivity contribution in [2.75, 3.05) is 13.1 Å². The molecule has 3 atom stereocenters. The summed E-state index contributed by atoms with van der Waals surface area (Å²) >= 11 is 0. The van der Waals surface area contributed by atoms with Gasteiger partial charge in [-0.05, 0) is 47.8 Å². The Bertz CT molecular complexity index is 474. The second-order valence-corrected chi connectivity index (χ2v) is 7.31. The van der Waals surface area contributed by atoms with Crippen molar-refractivity contribution in [2.45, 2.75) is 52.1 Å². The predicted molar refractivity (Wildman–Crippen MR) is 88.2 cm³/mol. The molecule has 1 aliphatic rings. The molecule has 0 amide bonds. The quantitative estimate of drug-likeness (QED) is 0.894. The summed E-state index contributed by atoms with van der Waals surface area (Å²) in [5, 5.41) is 9.75. The van der Waals surface area contributed by atoms with E-state index in [-0.39, 0.29) is 11.6 Å². The van der Waals surface area contributed by atoms with Crippen LogP contribution in [0.25, 0.3) is 0 Å². The van der Waals surface area contributed by atoms with Crippen LogP contribution in [0.3, 0.4) is 0 Å². The second-order valence-electron chi connectivity index (χ2n) is 7.31. The van der Waals surface area contributed by atoms with E-state index in [2.05, 4.69) is 38.7 Å². The van der Waals surface area contributed by atoms with Gasteiger partial charge in [-0.25, -0.2) is 0 Å². The van der Waals surface area contributed by atoms with Gasteiger partial charge in [-0.15, -0.1) is 0 Å². The van der Waals surface area contributed by atoms with Gasteiger partial charge in [0.05, 0.1) is 6.17 Å². The fraction of sp³-hybridized carbons (Fsp3) is 0.667. The van der Waals surface area contributed by atoms with E-state index in [0.29, 0.717) is 17.6 Å². The van der Waals surface area contributed by atoms with Crippen molar-refractivity contribution in [1.29, 1.82) is 0 Å². The number of phenols is 1. The molecule has 1 aliphatic heterocycles. The molecule has 1 aromatic carbocycles. The normalized spacial score (nSPS) is 28.8. The molecule has 3 unspecified atom stereocenters. The predicted octanol–water partition coefficient (Wildman–Crippen LogP) is 3.32. The minimum Gasteiger partial charge on any atom is -0.508 e. The van der Waals surface area contributed by atoms with Gasteiger partial charge in [0.1, 0.15) is 5.75 Å². The van der Waals surface area contributed by atoms with E-state index in [4.69, 9.17) is 5.73 Å². The van der Waals surface area contributed by atoms with E-state index < -0.39 is 0 Å². The van der Waals surface area contributed by atoms with E-state index in [0.717, 1.165) is 25.9 Å². The van der Waals surface area contributed by atoms with Crippen LogP contribution in [0.15, 0.2) is 24.3 Å². The number of nitrogens with zero attached hydrogens (tertiary/aromatic N) is 1. The number of hydrogen-bond donors (Lipinski definition) is 2. The first-order chi connectivity index (χ1) is 9.83. The highest BCUT2D eigenvalue weighted by Crippen LogP contribution is 2.40. The molecule has 0 saturated carbocycles. The van der Waals surface area contributed by atoms with Gasteiger partial charge in [-0.2, -0.15) is 0 Å². The molecule has 0 aromatic heterocycles. The molecule has 0 bridgehead atoms. The second kappa shape index (κ2) is 6.37. The number of rotatable bonds is 4. The highest BCUT2D eigenvalue weighted by Gasteiger charge is 2.39. The van der Waals surface area contributed by atoms with Gasteiger partial charge in [0.15, 0.2) is 0 Å². The highest BCUT2D eigenvalue weighted by atomic mass is 16.3. The Hall–Kier alpha value is -1.06. The van der Waals surface area contributed by atoms with E-state index in [1.165, 1.54) is 5.56 Å². The lowest BCUT2D eigenvalue weighted by Crippen LogP contribution is -2.53. The molecule has 1 fully saturated rings. The number of aromatic hydroxyl groups is 1. The summed E-state index contributed by atoms with van der Waals surface area (Å²) in [7, 11) is 0.